The van der Waals surface area contributed by atoms with Crippen molar-refractivity contribution in [1.29, 1.82) is 0 Å². The van der Waals surface area contributed by atoms with Gasteiger partial charge in [0.25, 0.3) is 0 Å². The normalized spacial score (nSPS) is 11.1. The molecule has 0 unspecified atom stereocenters. The molecule has 136 valence electrons. The third kappa shape index (κ3) is 3.72. The highest BCUT2D eigenvalue weighted by atomic mass is 32.2. The standard InChI is InChI=1S/C19H23N5OS/c1-5-10-23-14(3)11-17(15(23)4)18(25)12-26-19-20-21-22-24(19)16-8-6-13(2)7-9-16/h6-9,11H,5,10,12H2,1-4H3. The summed E-state index contributed by atoms with van der Waals surface area (Å²) in [5, 5.41) is 12.5. The second-order valence-corrected chi connectivity index (χ2v) is 7.30. The number of nitrogens with zero attached hydrogens (tertiary/aromatic N) is 5. The fourth-order valence-electron chi connectivity index (χ4n) is 2.98. The first kappa shape index (κ1) is 18.4. The average Bonchev–Trinajstić information content (AvgIpc) is 3.20. The summed E-state index contributed by atoms with van der Waals surface area (Å²) >= 11 is 1.36. The zero-order valence-electron chi connectivity index (χ0n) is 15.6. The summed E-state index contributed by atoms with van der Waals surface area (Å²) < 4.78 is 3.87. The van der Waals surface area contributed by atoms with E-state index in [4.69, 9.17) is 0 Å². The number of hydrogen-bond acceptors (Lipinski definition) is 5. The van der Waals surface area contributed by atoms with Crippen LogP contribution in [0.25, 0.3) is 5.69 Å². The van der Waals surface area contributed by atoms with Crippen molar-refractivity contribution in [2.24, 2.45) is 0 Å². The van der Waals surface area contributed by atoms with Crippen LogP contribution in [-0.2, 0) is 6.54 Å². The molecule has 0 radical (unpaired) electrons. The van der Waals surface area contributed by atoms with Gasteiger partial charge < -0.3 is 4.57 Å². The summed E-state index contributed by atoms with van der Waals surface area (Å²) in [6.45, 7) is 9.17. The van der Waals surface area contributed by atoms with E-state index in [-0.39, 0.29) is 5.78 Å². The minimum Gasteiger partial charge on any atom is -0.348 e. The molecule has 0 atom stereocenters. The monoisotopic (exact) mass is 369 g/mol. The summed E-state index contributed by atoms with van der Waals surface area (Å²) in [7, 11) is 0. The van der Waals surface area contributed by atoms with Gasteiger partial charge in [-0.15, -0.1) is 5.10 Å². The van der Waals surface area contributed by atoms with Gasteiger partial charge >= 0.3 is 0 Å². The van der Waals surface area contributed by atoms with E-state index in [0.29, 0.717) is 10.9 Å². The Balaban J connectivity index is 1.74. The molecular weight excluding hydrogens is 346 g/mol. The molecule has 0 bridgehead atoms. The predicted molar refractivity (Wildman–Crippen MR) is 103 cm³/mol. The first-order valence-electron chi connectivity index (χ1n) is 8.69. The minimum absolute atomic E-state index is 0.101. The van der Waals surface area contributed by atoms with Crippen LogP contribution in [0.4, 0.5) is 0 Å². The maximum absolute atomic E-state index is 12.7. The zero-order valence-corrected chi connectivity index (χ0v) is 16.4. The first-order chi connectivity index (χ1) is 12.5. The Hall–Kier alpha value is -2.41. The fourth-order valence-corrected chi connectivity index (χ4v) is 3.75. The van der Waals surface area contributed by atoms with Gasteiger partial charge in [0, 0.05) is 23.5 Å². The van der Waals surface area contributed by atoms with E-state index in [0.717, 1.165) is 35.6 Å². The third-order valence-electron chi connectivity index (χ3n) is 4.37. The van der Waals surface area contributed by atoms with E-state index in [1.807, 2.05) is 51.1 Å². The molecule has 26 heavy (non-hydrogen) atoms. The summed E-state index contributed by atoms with van der Waals surface area (Å²) in [5.41, 5.74) is 5.01. The van der Waals surface area contributed by atoms with Gasteiger partial charge in [-0.25, -0.2) is 0 Å². The second kappa shape index (κ2) is 7.86. The maximum atomic E-state index is 12.7. The largest absolute Gasteiger partial charge is 0.348 e. The molecule has 2 aromatic heterocycles. The molecule has 0 aliphatic carbocycles. The second-order valence-electron chi connectivity index (χ2n) is 6.36. The van der Waals surface area contributed by atoms with Crippen molar-refractivity contribution in [3.63, 3.8) is 0 Å². The highest BCUT2D eigenvalue weighted by Crippen LogP contribution is 2.22. The van der Waals surface area contributed by atoms with Gasteiger partial charge in [0.1, 0.15) is 0 Å². The maximum Gasteiger partial charge on any atom is 0.214 e. The smallest absolute Gasteiger partial charge is 0.214 e. The van der Waals surface area contributed by atoms with Crippen LogP contribution >= 0.6 is 11.8 Å². The van der Waals surface area contributed by atoms with Crippen molar-refractivity contribution < 1.29 is 4.79 Å². The Bertz CT molecular complexity index is 911. The van der Waals surface area contributed by atoms with Crippen molar-refractivity contribution in [2.75, 3.05) is 5.75 Å². The lowest BCUT2D eigenvalue weighted by atomic mass is 10.2. The molecule has 0 N–H and O–H groups in total. The van der Waals surface area contributed by atoms with Crippen molar-refractivity contribution >= 4 is 17.5 Å². The molecule has 0 aliphatic rings. The van der Waals surface area contributed by atoms with Gasteiger partial charge in [-0.2, -0.15) is 4.68 Å². The minimum atomic E-state index is 0.101. The van der Waals surface area contributed by atoms with Crippen molar-refractivity contribution in [2.45, 2.75) is 45.8 Å². The van der Waals surface area contributed by atoms with Gasteiger partial charge in [0.15, 0.2) is 5.78 Å². The number of hydrogen-bond donors (Lipinski definition) is 0. The number of aryl methyl sites for hydroxylation is 2. The van der Waals surface area contributed by atoms with Crippen LogP contribution < -0.4 is 0 Å². The van der Waals surface area contributed by atoms with Crippen LogP contribution in [0.15, 0.2) is 35.5 Å². The molecule has 0 spiro atoms. The predicted octanol–water partition coefficient (Wildman–Crippen LogP) is 3.77. The Kier molecular flexibility index (Phi) is 5.56. The summed E-state index contributed by atoms with van der Waals surface area (Å²) in [5.74, 6) is 0.409. The topological polar surface area (TPSA) is 65.6 Å². The van der Waals surface area contributed by atoms with Gasteiger partial charge in [-0.1, -0.05) is 36.4 Å². The number of carbonyl (C=O) groups excluding carboxylic acids is 1. The van der Waals surface area contributed by atoms with E-state index in [1.54, 1.807) is 4.68 Å². The molecule has 7 heteroatoms. The zero-order chi connectivity index (χ0) is 18.7. The SMILES string of the molecule is CCCn1c(C)cc(C(=O)CSc2nnnn2-c2ccc(C)cc2)c1C. The Morgan fingerprint density at radius 3 is 2.58 bits per heavy atom. The van der Waals surface area contributed by atoms with Crippen molar-refractivity contribution in [3.05, 3.63) is 52.8 Å². The Labute approximate surface area is 157 Å². The van der Waals surface area contributed by atoms with Crippen LogP contribution in [0.5, 0.6) is 0 Å². The highest BCUT2D eigenvalue weighted by molar-refractivity contribution is 7.99. The molecule has 1 aromatic carbocycles. The number of rotatable bonds is 7. The van der Waals surface area contributed by atoms with Crippen molar-refractivity contribution in [3.8, 4) is 5.69 Å². The molecule has 2 heterocycles. The number of ketones is 1. The van der Waals surface area contributed by atoms with Crippen LogP contribution in [0.1, 0.15) is 40.7 Å². The molecule has 0 saturated carbocycles. The molecule has 3 rings (SSSR count). The van der Waals surface area contributed by atoms with E-state index in [2.05, 4.69) is 27.0 Å². The number of aromatic nitrogens is 5. The number of carbonyl (C=O) groups is 1. The average molecular weight is 369 g/mol. The van der Waals surface area contributed by atoms with Crippen molar-refractivity contribution in [1.82, 2.24) is 24.8 Å². The lowest BCUT2D eigenvalue weighted by Gasteiger charge is -2.07. The first-order valence-corrected chi connectivity index (χ1v) is 9.68. The van der Waals surface area contributed by atoms with Gasteiger partial charge in [0.2, 0.25) is 5.16 Å². The van der Waals surface area contributed by atoms with E-state index < -0.39 is 0 Å². The highest BCUT2D eigenvalue weighted by Gasteiger charge is 2.17. The van der Waals surface area contributed by atoms with Crippen LogP contribution in [0, 0.1) is 20.8 Å². The molecule has 0 fully saturated rings. The van der Waals surface area contributed by atoms with Crippen LogP contribution in [-0.4, -0.2) is 36.3 Å². The molecule has 0 amide bonds. The van der Waals surface area contributed by atoms with Crippen LogP contribution in [0.2, 0.25) is 0 Å². The number of Topliss-reactive ketones (excluding diaryl/α,β-unsaturated/α-hetero) is 1. The molecule has 0 aliphatic heterocycles. The van der Waals surface area contributed by atoms with E-state index in [9.17, 15) is 4.79 Å². The number of benzene rings is 1. The summed E-state index contributed by atoms with van der Waals surface area (Å²) in [6, 6.07) is 9.95. The summed E-state index contributed by atoms with van der Waals surface area (Å²) in [6.07, 6.45) is 1.05. The van der Waals surface area contributed by atoms with Gasteiger partial charge in [0.05, 0.1) is 11.4 Å². The van der Waals surface area contributed by atoms with Gasteiger partial charge in [-0.05, 0) is 55.8 Å². The summed E-state index contributed by atoms with van der Waals surface area (Å²) in [4.78, 5) is 12.7. The lowest BCUT2D eigenvalue weighted by Crippen LogP contribution is -2.07. The van der Waals surface area contributed by atoms with E-state index >= 15 is 0 Å². The molecular formula is C19H23N5OS. The number of tetrazole rings is 1. The molecule has 6 nitrogen and oxygen atoms in total. The molecule has 0 saturated heterocycles. The fraction of sp³-hybridized carbons (Fsp3) is 0.368. The molecule has 3 aromatic rings. The third-order valence-corrected chi connectivity index (χ3v) is 5.29. The van der Waals surface area contributed by atoms with Crippen LogP contribution in [0.3, 0.4) is 0 Å². The van der Waals surface area contributed by atoms with Gasteiger partial charge in [-0.3, -0.25) is 4.79 Å². The Morgan fingerprint density at radius 1 is 1.15 bits per heavy atom. The Morgan fingerprint density at radius 2 is 1.88 bits per heavy atom. The lowest BCUT2D eigenvalue weighted by molar-refractivity contribution is 0.102. The van der Waals surface area contributed by atoms with E-state index in [1.165, 1.54) is 17.3 Å². The quantitative estimate of drug-likeness (QED) is 0.468. The number of thioether (sulfide) groups is 1.